The lowest BCUT2D eigenvalue weighted by molar-refractivity contribution is -0.384. The molecular formula is C14H19N3O4. The Morgan fingerprint density at radius 3 is 2.38 bits per heavy atom. The predicted octanol–water partition coefficient (Wildman–Crippen LogP) is 1.82. The standard InChI is InChI=1S/C14H19N3O4/c1-10(2)15-5-7-16(8-6-15)12-4-3-11(14(18)19)9-13(12)17(20)21/h3-4,9-10H,5-8H2,1-2H3,(H,18,19). The fraction of sp³-hybridized carbons (Fsp3) is 0.500. The number of carbonyl (C=O) groups is 1. The zero-order chi connectivity index (χ0) is 15.6. The third kappa shape index (κ3) is 3.30. The van der Waals surface area contributed by atoms with Gasteiger partial charge in [-0.05, 0) is 26.0 Å². The molecule has 114 valence electrons. The molecule has 7 nitrogen and oxygen atoms in total. The number of benzene rings is 1. The molecule has 0 saturated carbocycles. The molecule has 1 aromatic rings. The Bertz CT molecular complexity index is 551. The van der Waals surface area contributed by atoms with Crippen LogP contribution in [-0.2, 0) is 0 Å². The zero-order valence-corrected chi connectivity index (χ0v) is 12.2. The van der Waals surface area contributed by atoms with Gasteiger partial charge in [0.05, 0.1) is 10.5 Å². The van der Waals surface area contributed by atoms with Gasteiger partial charge in [-0.3, -0.25) is 15.0 Å². The fourth-order valence-electron chi connectivity index (χ4n) is 2.55. The molecule has 0 bridgehead atoms. The topological polar surface area (TPSA) is 86.9 Å². The third-order valence-corrected chi connectivity index (χ3v) is 3.80. The highest BCUT2D eigenvalue weighted by atomic mass is 16.6. The van der Waals surface area contributed by atoms with Crippen LogP contribution in [0.5, 0.6) is 0 Å². The van der Waals surface area contributed by atoms with Gasteiger partial charge in [0, 0.05) is 38.3 Å². The van der Waals surface area contributed by atoms with E-state index in [-0.39, 0.29) is 11.3 Å². The van der Waals surface area contributed by atoms with Crippen LogP contribution in [0.3, 0.4) is 0 Å². The molecule has 21 heavy (non-hydrogen) atoms. The van der Waals surface area contributed by atoms with Crippen molar-refractivity contribution in [3.8, 4) is 0 Å². The van der Waals surface area contributed by atoms with Crippen molar-refractivity contribution >= 4 is 17.3 Å². The summed E-state index contributed by atoms with van der Waals surface area (Å²) in [5.41, 5.74) is 0.285. The Labute approximate surface area is 122 Å². The van der Waals surface area contributed by atoms with E-state index in [0.717, 1.165) is 19.2 Å². The second kappa shape index (κ2) is 6.09. The Morgan fingerprint density at radius 1 is 1.29 bits per heavy atom. The van der Waals surface area contributed by atoms with Crippen LogP contribution < -0.4 is 4.90 Å². The first kappa shape index (κ1) is 15.2. The number of nitro benzene ring substituents is 1. The van der Waals surface area contributed by atoms with Crippen molar-refractivity contribution < 1.29 is 14.8 Å². The van der Waals surface area contributed by atoms with E-state index in [2.05, 4.69) is 18.7 Å². The van der Waals surface area contributed by atoms with E-state index in [4.69, 9.17) is 5.11 Å². The summed E-state index contributed by atoms with van der Waals surface area (Å²) in [5, 5.41) is 20.1. The van der Waals surface area contributed by atoms with Crippen molar-refractivity contribution in [1.82, 2.24) is 4.90 Å². The minimum atomic E-state index is -1.16. The zero-order valence-electron chi connectivity index (χ0n) is 12.2. The first-order valence-electron chi connectivity index (χ1n) is 6.91. The van der Waals surface area contributed by atoms with Crippen molar-refractivity contribution in [2.24, 2.45) is 0 Å². The van der Waals surface area contributed by atoms with Gasteiger partial charge in [-0.2, -0.15) is 0 Å². The van der Waals surface area contributed by atoms with Gasteiger partial charge in [0.15, 0.2) is 0 Å². The van der Waals surface area contributed by atoms with Crippen LogP contribution in [0.2, 0.25) is 0 Å². The summed E-state index contributed by atoms with van der Waals surface area (Å²) >= 11 is 0. The quantitative estimate of drug-likeness (QED) is 0.673. The minimum absolute atomic E-state index is 0.0636. The van der Waals surface area contributed by atoms with Gasteiger partial charge < -0.3 is 10.0 Å². The molecule has 7 heteroatoms. The Kier molecular flexibility index (Phi) is 4.42. The van der Waals surface area contributed by atoms with Crippen LogP contribution in [0.15, 0.2) is 18.2 Å². The van der Waals surface area contributed by atoms with Crippen molar-refractivity contribution in [2.45, 2.75) is 19.9 Å². The van der Waals surface area contributed by atoms with Gasteiger partial charge in [0.25, 0.3) is 5.69 Å². The number of anilines is 1. The fourth-order valence-corrected chi connectivity index (χ4v) is 2.55. The van der Waals surface area contributed by atoms with E-state index < -0.39 is 10.9 Å². The molecule has 1 aromatic carbocycles. The van der Waals surface area contributed by atoms with E-state index in [1.165, 1.54) is 12.1 Å². The van der Waals surface area contributed by atoms with E-state index >= 15 is 0 Å². The molecule has 1 fully saturated rings. The number of nitro groups is 1. The molecule has 1 aliphatic heterocycles. The summed E-state index contributed by atoms with van der Waals surface area (Å²) in [4.78, 5) is 25.9. The second-order valence-corrected chi connectivity index (χ2v) is 5.38. The lowest BCUT2D eigenvalue weighted by Crippen LogP contribution is -2.49. The first-order chi connectivity index (χ1) is 9.90. The highest BCUT2D eigenvalue weighted by Gasteiger charge is 2.25. The SMILES string of the molecule is CC(C)N1CCN(c2ccc(C(=O)O)cc2[N+](=O)[O-])CC1. The molecule has 1 aliphatic rings. The molecular weight excluding hydrogens is 274 g/mol. The van der Waals surface area contributed by atoms with Crippen LogP contribution in [0.4, 0.5) is 11.4 Å². The summed E-state index contributed by atoms with van der Waals surface area (Å²) in [6.07, 6.45) is 0. The lowest BCUT2D eigenvalue weighted by atomic mass is 10.1. The number of nitrogens with zero attached hydrogens (tertiary/aromatic N) is 3. The van der Waals surface area contributed by atoms with Gasteiger partial charge in [0.1, 0.15) is 5.69 Å². The molecule has 0 unspecified atom stereocenters. The van der Waals surface area contributed by atoms with Gasteiger partial charge in [0.2, 0.25) is 0 Å². The average Bonchev–Trinajstić information content (AvgIpc) is 2.46. The van der Waals surface area contributed by atoms with Crippen LogP contribution in [-0.4, -0.2) is 53.1 Å². The number of hydrogen-bond donors (Lipinski definition) is 1. The Balaban J connectivity index is 2.24. The molecule has 0 aromatic heterocycles. The number of rotatable bonds is 4. The lowest BCUT2D eigenvalue weighted by Gasteiger charge is -2.37. The highest BCUT2D eigenvalue weighted by Crippen LogP contribution is 2.30. The number of aromatic carboxylic acids is 1. The van der Waals surface area contributed by atoms with Crippen LogP contribution in [0, 0.1) is 10.1 Å². The van der Waals surface area contributed by atoms with Crippen LogP contribution in [0.1, 0.15) is 24.2 Å². The van der Waals surface area contributed by atoms with Crippen molar-refractivity contribution in [3.05, 3.63) is 33.9 Å². The maximum Gasteiger partial charge on any atom is 0.335 e. The molecule has 0 radical (unpaired) electrons. The normalized spacial score (nSPS) is 16.2. The molecule has 1 saturated heterocycles. The number of carboxylic acid groups (broad SMARTS) is 1. The summed E-state index contributed by atoms with van der Waals surface area (Å²) in [5.74, 6) is -1.16. The summed E-state index contributed by atoms with van der Waals surface area (Å²) in [6, 6.07) is 4.54. The number of piperazine rings is 1. The Morgan fingerprint density at radius 2 is 1.90 bits per heavy atom. The van der Waals surface area contributed by atoms with Gasteiger partial charge >= 0.3 is 5.97 Å². The molecule has 0 amide bonds. The maximum absolute atomic E-state index is 11.2. The van der Waals surface area contributed by atoms with E-state index in [0.29, 0.717) is 24.8 Å². The van der Waals surface area contributed by atoms with E-state index in [1.807, 2.05) is 4.90 Å². The molecule has 0 atom stereocenters. The average molecular weight is 293 g/mol. The Hall–Kier alpha value is -2.15. The van der Waals surface area contributed by atoms with Gasteiger partial charge in [-0.15, -0.1) is 0 Å². The van der Waals surface area contributed by atoms with Crippen LogP contribution in [0.25, 0.3) is 0 Å². The maximum atomic E-state index is 11.2. The highest BCUT2D eigenvalue weighted by molar-refractivity contribution is 5.89. The summed E-state index contributed by atoms with van der Waals surface area (Å²) < 4.78 is 0. The summed E-state index contributed by atoms with van der Waals surface area (Å²) in [7, 11) is 0. The van der Waals surface area contributed by atoms with E-state index in [9.17, 15) is 14.9 Å². The van der Waals surface area contributed by atoms with Crippen molar-refractivity contribution in [1.29, 1.82) is 0 Å². The third-order valence-electron chi connectivity index (χ3n) is 3.80. The molecule has 0 aliphatic carbocycles. The second-order valence-electron chi connectivity index (χ2n) is 5.38. The van der Waals surface area contributed by atoms with Gasteiger partial charge in [-0.1, -0.05) is 0 Å². The smallest absolute Gasteiger partial charge is 0.335 e. The van der Waals surface area contributed by atoms with E-state index in [1.54, 1.807) is 0 Å². The largest absolute Gasteiger partial charge is 0.478 e. The summed E-state index contributed by atoms with van der Waals surface area (Å²) in [6.45, 7) is 7.33. The van der Waals surface area contributed by atoms with Crippen molar-refractivity contribution in [2.75, 3.05) is 31.1 Å². The minimum Gasteiger partial charge on any atom is -0.478 e. The molecule has 1 N–H and O–H groups in total. The molecule has 1 heterocycles. The monoisotopic (exact) mass is 293 g/mol. The number of carboxylic acids is 1. The predicted molar refractivity (Wildman–Crippen MR) is 79.0 cm³/mol. The number of hydrogen-bond acceptors (Lipinski definition) is 5. The first-order valence-corrected chi connectivity index (χ1v) is 6.91. The van der Waals surface area contributed by atoms with Gasteiger partial charge in [-0.25, -0.2) is 4.79 Å². The molecule has 2 rings (SSSR count). The molecule has 0 spiro atoms. The van der Waals surface area contributed by atoms with Crippen LogP contribution >= 0.6 is 0 Å². The van der Waals surface area contributed by atoms with Crippen molar-refractivity contribution in [3.63, 3.8) is 0 Å².